The number of nitrogens with one attached hydrogen (secondary N) is 1. The maximum absolute atomic E-state index is 3.70. The van der Waals surface area contributed by atoms with E-state index in [1.807, 2.05) is 0 Å². The van der Waals surface area contributed by atoms with Crippen molar-refractivity contribution in [3.05, 3.63) is 0 Å². The fourth-order valence-electron chi connectivity index (χ4n) is 3.22. The van der Waals surface area contributed by atoms with Crippen molar-refractivity contribution in [2.45, 2.75) is 65.3 Å². The maximum atomic E-state index is 3.70. The van der Waals surface area contributed by atoms with Gasteiger partial charge in [0.1, 0.15) is 0 Å². The van der Waals surface area contributed by atoms with Gasteiger partial charge in [-0.3, -0.25) is 0 Å². The lowest BCUT2D eigenvalue weighted by Crippen LogP contribution is -2.44. The van der Waals surface area contributed by atoms with Crippen LogP contribution in [0.2, 0.25) is 0 Å². The summed E-state index contributed by atoms with van der Waals surface area (Å²) in [5.41, 5.74) is 0. The lowest BCUT2D eigenvalue weighted by atomic mass is 9.84. The van der Waals surface area contributed by atoms with Crippen molar-refractivity contribution in [3.8, 4) is 0 Å². The van der Waals surface area contributed by atoms with Gasteiger partial charge >= 0.3 is 0 Å². The average Bonchev–Trinajstić information content (AvgIpc) is 2.33. The molecule has 1 aliphatic rings. The van der Waals surface area contributed by atoms with Gasteiger partial charge in [0.25, 0.3) is 0 Å². The van der Waals surface area contributed by atoms with Crippen molar-refractivity contribution in [3.63, 3.8) is 0 Å². The standard InChI is InChI=1S/C15H32N2/c1-4-11-17(12-5-2)13-14-9-7-8-10-15(14)16-6-3/h14-16H,4-13H2,1-3H3. The molecule has 1 fully saturated rings. The number of hydrogen-bond donors (Lipinski definition) is 1. The van der Waals surface area contributed by atoms with Crippen molar-refractivity contribution < 1.29 is 0 Å². The van der Waals surface area contributed by atoms with Gasteiger partial charge in [-0.2, -0.15) is 0 Å². The molecule has 2 nitrogen and oxygen atoms in total. The molecule has 102 valence electrons. The second-order valence-corrected chi connectivity index (χ2v) is 5.51. The van der Waals surface area contributed by atoms with Crippen LogP contribution in [0.4, 0.5) is 0 Å². The van der Waals surface area contributed by atoms with Crippen LogP contribution in [0.5, 0.6) is 0 Å². The van der Waals surface area contributed by atoms with Gasteiger partial charge in [-0.25, -0.2) is 0 Å². The fraction of sp³-hybridized carbons (Fsp3) is 1.00. The highest BCUT2D eigenvalue weighted by molar-refractivity contribution is 4.82. The summed E-state index contributed by atoms with van der Waals surface area (Å²) in [4.78, 5) is 2.68. The molecule has 1 aliphatic carbocycles. The molecule has 17 heavy (non-hydrogen) atoms. The average molecular weight is 240 g/mol. The molecule has 1 N–H and O–H groups in total. The smallest absolute Gasteiger partial charge is 0.0107 e. The van der Waals surface area contributed by atoms with E-state index in [1.54, 1.807) is 0 Å². The normalized spacial score (nSPS) is 25.4. The highest BCUT2D eigenvalue weighted by Gasteiger charge is 2.25. The van der Waals surface area contributed by atoms with E-state index < -0.39 is 0 Å². The van der Waals surface area contributed by atoms with E-state index in [-0.39, 0.29) is 0 Å². The zero-order valence-corrected chi connectivity index (χ0v) is 12.2. The molecule has 2 heteroatoms. The Balaban J connectivity index is 2.43. The first kappa shape index (κ1) is 15.0. The Kier molecular flexibility index (Phi) is 7.87. The molecular weight excluding hydrogens is 208 g/mol. The molecule has 0 spiro atoms. The predicted octanol–water partition coefficient (Wildman–Crippen LogP) is 3.28. The molecule has 0 aromatic heterocycles. The summed E-state index contributed by atoms with van der Waals surface area (Å²) in [6, 6.07) is 0.782. The summed E-state index contributed by atoms with van der Waals surface area (Å²) < 4.78 is 0. The minimum atomic E-state index is 0.782. The van der Waals surface area contributed by atoms with Gasteiger partial charge in [-0.1, -0.05) is 33.6 Å². The van der Waals surface area contributed by atoms with Gasteiger partial charge in [-0.15, -0.1) is 0 Å². The molecule has 0 amide bonds. The zero-order valence-electron chi connectivity index (χ0n) is 12.2. The molecule has 0 bridgehead atoms. The largest absolute Gasteiger partial charge is 0.314 e. The summed E-state index contributed by atoms with van der Waals surface area (Å²) in [6.07, 6.45) is 8.28. The summed E-state index contributed by atoms with van der Waals surface area (Å²) in [5.74, 6) is 0.891. The fourth-order valence-corrected chi connectivity index (χ4v) is 3.22. The summed E-state index contributed by atoms with van der Waals surface area (Å²) in [5, 5.41) is 3.70. The number of rotatable bonds is 8. The molecular formula is C15H32N2. The Hall–Kier alpha value is -0.0800. The molecule has 0 aromatic carbocycles. The maximum Gasteiger partial charge on any atom is 0.0107 e. The van der Waals surface area contributed by atoms with E-state index in [2.05, 4.69) is 31.0 Å². The van der Waals surface area contributed by atoms with E-state index in [0.29, 0.717) is 0 Å². The summed E-state index contributed by atoms with van der Waals surface area (Å²) in [7, 11) is 0. The SMILES string of the molecule is CCCN(CCC)CC1CCCCC1NCC. The van der Waals surface area contributed by atoms with Crippen LogP contribution in [0.3, 0.4) is 0 Å². The van der Waals surface area contributed by atoms with Gasteiger partial charge in [0.15, 0.2) is 0 Å². The van der Waals surface area contributed by atoms with Crippen LogP contribution < -0.4 is 5.32 Å². The van der Waals surface area contributed by atoms with Gasteiger partial charge in [0.2, 0.25) is 0 Å². The Morgan fingerprint density at radius 2 is 1.65 bits per heavy atom. The molecule has 0 heterocycles. The van der Waals surface area contributed by atoms with Crippen LogP contribution in [0.25, 0.3) is 0 Å². The van der Waals surface area contributed by atoms with Crippen LogP contribution in [0.15, 0.2) is 0 Å². The van der Waals surface area contributed by atoms with Gasteiger partial charge < -0.3 is 10.2 Å². The third-order valence-electron chi connectivity index (χ3n) is 3.95. The highest BCUT2D eigenvalue weighted by atomic mass is 15.1. The Bertz CT molecular complexity index is 174. The molecule has 0 aromatic rings. The van der Waals surface area contributed by atoms with Crippen molar-refractivity contribution >= 4 is 0 Å². The highest BCUT2D eigenvalue weighted by Crippen LogP contribution is 2.25. The van der Waals surface area contributed by atoms with Gasteiger partial charge in [0, 0.05) is 12.6 Å². The molecule has 0 radical (unpaired) electrons. The van der Waals surface area contributed by atoms with Crippen LogP contribution >= 0.6 is 0 Å². The predicted molar refractivity (Wildman–Crippen MR) is 76.4 cm³/mol. The molecule has 0 aliphatic heterocycles. The molecule has 1 rings (SSSR count). The topological polar surface area (TPSA) is 15.3 Å². The Morgan fingerprint density at radius 1 is 1.00 bits per heavy atom. The number of hydrogen-bond acceptors (Lipinski definition) is 2. The summed E-state index contributed by atoms with van der Waals surface area (Å²) in [6.45, 7) is 11.8. The first-order valence-electron chi connectivity index (χ1n) is 7.77. The minimum Gasteiger partial charge on any atom is -0.314 e. The van der Waals surface area contributed by atoms with E-state index in [4.69, 9.17) is 0 Å². The second-order valence-electron chi connectivity index (χ2n) is 5.51. The third kappa shape index (κ3) is 5.39. The zero-order chi connectivity index (χ0) is 12.5. The van der Waals surface area contributed by atoms with Crippen molar-refractivity contribution in [1.82, 2.24) is 10.2 Å². The summed E-state index contributed by atoms with van der Waals surface area (Å²) >= 11 is 0. The Labute approximate surface area is 108 Å². The van der Waals surface area contributed by atoms with Crippen molar-refractivity contribution in [1.29, 1.82) is 0 Å². The first-order valence-corrected chi connectivity index (χ1v) is 7.77. The van der Waals surface area contributed by atoms with Crippen LogP contribution in [0, 0.1) is 5.92 Å². The van der Waals surface area contributed by atoms with Gasteiger partial charge in [-0.05, 0) is 51.2 Å². The molecule has 2 unspecified atom stereocenters. The Morgan fingerprint density at radius 3 is 2.24 bits per heavy atom. The quantitative estimate of drug-likeness (QED) is 0.700. The van der Waals surface area contributed by atoms with Crippen molar-refractivity contribution in [2.24, 2.45) is 5.92 Å². The lowest BCUT2D eigenvalue weighted by Gasteiger charge is -2.36. The molecule has 2 atom stereocenters. The molecule has 0 saturated heterocycles. The van der Waals surface area contributed by atoms with E-state index in [0.717, 1.165) is 18.5 Å². The van der Waals surface area contributed by atoms with E-state index >= 15 is 0 Å². The first-order chi connectivity index (χ1) is 8.31. The van der Waals surface area contributed by atoms with Crippen LogP contribution in [-0.4, -0.2) is 37.1 Å². The third-order valence-corrected chi connectivity index (χ3v) is 3.95. The van der Waals surface area contributed by atoms with Crippen LogP contribution in [0.1, 0.15) is 59.3 Å². The number of nitrogens with zero attached hydrogens (tertiary/aromatic N) is 1. The second kappa shape index (κ2) is 8.93. The monoisotopic (exact) mass is 240 g/mol. The van der Waals surface area contributed by atoms with E-state index in [1.165, 1.54) is 58.2 Å². The van der Waals surface area contributed by atoms with Gasteiger partial charge in [0.05, 0.1) is 0 Å². The molecule has 1 saturated carbocycles. The van der Waals surface area contributed by atoms with Crippen LogP contribution in [-0.2, 0) is 0 Å². The minimum absolute atomic E-state index is 0.782. The van der Waals surface area contributed by atoms with Crippen molar-refractivity contribution in [2.75, 3.05) is 26.2 Å². The van der Waals surface area contributed by atoms with E-state index in [9.17, 15) is 0 Å². The lowest BCUT2D eigenvalue weighted by molar-refractivity contribution is 0.168.